The van der Waals surface area contributed by atoms with Crippen LogP contribution in [0.1, 0.15) is 45.4 Å². The molecular formula is C15H26N2O3. The highest BCUT2D eigenvalue weighted by Gasteiger charge is 2.33. The average Bonchev–Trinajstić information content (AvgIpc) is 2.98. The lowest BCUT2D eigenvalue weighted by molar-refractivity contribution is -0.155. The Bertz CT molecular complexity index is 340. The third kappa shape index (κ3) is 3.95. The molecule has 2 fully saturated rings. The second-order valence-corrected chi connectivity index (χ2v) is 5.75. The van der Waals surface area contributed by atoms with Gasteiger partial charge in [0.1, 0.15) is 6.04 Å². The fraction of sp³-hybridized carbons (Fsp3) is 0.867. The number of esters is 1. The van der Waals surface area contributed by atoms with Crippen LogP contribution >= 0.6 is 0 Å². The Labute approximate surface area is 121 Å². The Hall–Kier alpha value is -1.10. The van der Waals surface area contributed by atoms with Gasteiger partial charge in [0, 0.05) is 26.1 Å². The lowest BCUT2D eigenvalue weighted by Crippen LogP contribution is -2.57. The molecule has 5 heteroatoms. The van der Waals surface area contributed by atoms with Gasteiger partial charge >= 0.3 is 5.97 Å². The summed E-state index contributed by atoms with van der Waals surface area (Å²) in [6.07, 6.45) is 6.67. The van der Waals surface area contributed by atoms with Gasteiger partial charge in [0.25, 0.3) is 0 Å². The molecule has 0 bridgehead atoms. The van der Waals surface area contributed by atoms with E-state index in [4.69, 9.17) is 4.74 Å². The molecule has 0 spiro atoms. The van der Waals surface area contributed by atoms with E-state index in [2.05, 4.69) is 5.32 Å². The van der Waals surface area contributed by atoms with Gasteiger partial charge in [-0.05, 0) is 19.3 Å². The van der Waals surface area contributed by atoms with Gasteiger partial charge in [-0.25, -0.2) is 4.79 Å². The number of ether oxygens (including phenoxy) is 1. The van der Waals surface area contributed by atoms with Crippen LogP contribution in [-0.2, 0) is 14.3 Å². The van der Waals surface area contributed by atoms with Crippen molar-refractivity contribution in [1.82, 2.24) is 10.2 Å². The first-order chi connectivity index (χ1) is 9.72. The lowest BCUT2D eigenvalue weighted by atomic mass is 10.0. The molecular weight excluding hydrogens is 256 g/mol. The van der Waals surface area contributed by atoms with Gasteiger partial charge in [-0.2, -0.15) is 0 Å². The highest BCUT2D eigenvalue weighted by molar-refractivity contribution is 5.85. The smallest absolute Gasteiger partial charge is 0.330 e. The molecule has 0 aromatic carbocycles. The summed E-state index contributed by atoms with van der Waals surface area (Å²) in [7, 11) is 0. The molecule has 1 heterocycles. The monoisotopic (exact) mass is 282 g/mol. The summed E-state index contributed by atoms with van der Waals surface area (Å²) in [6, 6.07) is -0.445. The fourth-order valence-electron chi connectivity index (χ4n) is 3.22. The van der Waals surface area contributed by atoms with Crippen LogP contribution in [0.5, 0.6) is 0 Å². The zero-order chi connectivity index (χ0) is 14.4. The van der Waals surface area contributed by atoms with Gasteiger partial charge in [0.2, 0.25) is 5.91 Å². The van der Waals surface area contributed by atoms with Gasteiger partial charge in [0.05, 0.1) is 6.61 Å². The maximum atomic E-state index is 12.4. The Morgan fingerprint density at radius 3 is 2.75 bits per heavy atom. The molecule has 114 valence electrons. The SMILES string of the molecule is CCOC(=O)C1CNCCN1C(=O)CCC1CCCC1. The van der Waals surface area contributed by atoms with Crippen LogP contribution in [0.15, 0.2) is 0 Å². The van der Waals surface area contributed by atoms with Crippen molar-refractivity contribution in [2.45, 2.75) is 51.5 Å². The number of rotatable bonds is 5. The minimum Gasteiger partial charge on any atom is -0.464 e. The number of hydrogen-bond acceptors (Lipinski definition) is 4. The summed E-state index contributed by atoms with van der Waals surface area (Å²) in [4.78, 5) is 26.0. The van der Waals surface area contributed by atoms with E-state index in [-0.39, 0.29) is 11.9 Å². The molecule has 20 heavy (non-hydrogen) atoms. The first-order valence-electron chi connectivity index (χ1n) is 7.89. The van der Waals surface area contributed by atoms with Crippen molar-refractivity contribution < 1.29 is 14.3 Å². The second kappa shape index (κ2) is 7.62. The normalized spacial score (nSPS) is 23.9. The van der Waals surface area contributed by atoms with E-state index in [0.717, 1.165) is 13.0 Å². The maximum Gasteiger partial charge on any atom is 0.330 e. The van der Waals surface area contributed by atoms with Crippen LogP contribution in [-0.4, -0.2) is 49.1 Å². The zero-order valence-corrected chi connectivity index (χ0v) is 12.4. The van der Waals surface area contributed by atoms with Crippen LogP contribution < -0.4 is 5.32 Å². The number of piperazine rings is 1. The predicted molar refractivity (Wildman–Crippen MR) is 76.2 cm³/mol. The summed E-state index contributed by atoms with van der Waals surface area (Å²) >= 11 is 0. The van der Waals surface area contributed by atoms with Crippen LogP contribution in [0.4, 0.5) is 0 Å². The van der Waals surface area contributed by atoms with Crippen molar-refractivity contribution >= 4 is 11.9 Å². The molecule has 1 atom stereocenters. The summed E-state index contributed by atoms with van der Waals surface area (Å²) in [6.45, 7) is 4.02. The van der Waals surface area contributed by atoms with Gasteiger partial charge < -0.3 is 15.0 Å². The quantitative estimate of drug-likeness (QED) is 0.773. The number of carbonyl (C=O) groups excluding carboxylic acids is 2. The topological polar surface area (TPSA) is 58.6 Å². The highest BCUT2D eigenvalue weighted by atomic mass is 16.5. The molecule has 1 aliphatic heterocycles. The highest BCUT2D eigenvalue weighted by Crippen LogP contribution is 2.28. The minimum atomic E-state index is -0.445. The van der Waals surface area contributed by atoms with Crippen molar-refractivity contribution in [2.24, 2.45) is 5.92 Å². The first-order valence-corrected chi connectivity index (χ1v) is 7.89. The number of nitrogens with one attached hydrogen (secondary N) is 1. The van der Waals surface area contributed by atoms with Gasteiger partial charge in [0.15, 0.2) is 0 Å². The third-order valence-corrected chi connectivity index (χ3v) is 4.36. The molecule has 2 aliphatic rings. The largest absolute Gasteiger partial charge is 0.464 e. The van der Waals surface area contributed by atoms with Crippen molar-refractivity contribution in [3.63, 3.8) is 0 Å². The molecule has 0 radical (unpaired) electrons. The molecule has 0 aromatic heterocycles. The number of hydrogen-bond donors (Lipinski definition) is 1. The van der Waals surface area contributed by atoms with Crippen LogP contribution in [0, 0.1) is 5.92 Å². The molecule has 5 nitrogen and oxygen atoms in total. The molecule has 2 rings (SSSR count). The molecule has 0 aromatic rings. The lowest BCUT2D eigenvalue weighted by Gasteiger charge is -2.34. The van der Waals surface area contributed by atoms with Gasteiger partial charge in [-0.15, -0.1) is 0 Å². The minimum absolute atomic E-state index is 0.108. The molecule has 1 aliphatic carbocycles. The average molecular weight is 282 g/mol. The third-order valence-electron chi connectivity index (χ3n) is 4.36. The Morgan fingerprint density at radius 1 is 1.30 bits per heavy atom. The van der Waals surface area contributed by atoms with Crippen LogP contribution in [0.25, 0.3) is 0 Å². The fourth-order valence-corrected chi connectivity index (χ4v) is 3.22. The van der Waals surface area contributed by atoms with Crippen molar-refractivity contribution in [1.29, 1.82) is 0 Å². The standard InChI is InChI=1S/C15H26N2O3/c1-2-20-15(19)13-11-16-9-10-17(13)14(18)8-7-12-5-3-4-6-12/h12-13,16H,2-11H2,1H3. The van der Waals surface area contributed by atoms with E-state index in [1.165, 1.54) is 25.7 Å². The molecule has 1 saturated heterocycles. The summed E-state index contributed by atoms with van der Waals surface area (Å²) in [5.41, 5.74) is 0. The van der Waals surface area contributed by atoms with E-state index < -0.39 is 6.04 Å². The summed E-state index contributed by atoms with van der Waals surface area (Å²) in [5.74, 6) is 0.535. The first kappa shape index (κ1) is 15.3. The molecule has 1 N–H and O–H groups in total. The zero-order valence-electron chi connectivity index (χ0n) is 12.4. The summed E-state index contributed by atoms with van der Waals surface area (Å²) in [5, 5.41) is 3.16. The van der Waals surface area contributed by atoms with E-state index in [1.54, 1.807) is 11.8 Å². The van der Waals surface area contributed by atoms with Crippen molar-refractivity contribution in [3.05, 3.63) is 0 Å². The van der Waals surface area contributed by atoms with Crippen LogP contribution in [0.3, 0.4) is 0 Å². The number of amides is 1. The van der Waals surface area contributed by atoms with E-state index in [1.807, 2.05) is 0 Å². The predicted octanol–water partition coefficient (Wildman–Crippen LogP) is 1.32. The van der Waals surface area contributed by atoms with Crippen molar-refractivity contribution in [2.75, 3.05) is 26.2 Å². The van der Waals surface area contributed by atoms with Crippen molar-refractivity contribution in [3.8, 4) is 0 Å². The van der Waals surface area contributed by atoms with E-state index in [9.17, 15) is 9.59 Å². The molecule has 1 unspecified atom stereocenters. The van der Waals surface area contributed by atoms with Gasteiger partial charge in [-0.1, -0.05) is 25.7 Å². The molecule has 1 saturated carbocycles. The molecule has 1 amide bonds. The Kier molecular flexibility index (Phi) is 5.83. The Balaban J connectivity index is 1.85. The maximum absolute atomic E-state index is 12.4. The number of nitrogens with zero attached hydrogens (tertiary/aromatic N) is 1. The second-order valence-electron chi connectivity index (χ2n) is 5.75. The Morgan fingerprint density at radius 2 is 2.05 bits per heavy atom. The summed E-state index contributed by atoms with van der Waals surface area (Å²) < 4.78 is 5.07. The van der Waals surface area contributed by atoms with Gasteiger partial charge in [-0.3, -0.25) is 4.79 Å². The number of carbonyl (C=O) groups is 2. The van der Waals surface area contributed by atoms with Crippen LogP contribution in [0.2, 0.25) is 0 Å². The van der Waals surface area contributed by atoms with E-state index >= 15 is 0 Å². The van der Waals surface area contributed by atoms with E-state index in [0.29, 0.717) is 32.0 Å².